The molecular formula is C11H13NO4. The summed E-state index contributed by atoms with van der Waals surface area (Å²) >= 11 is 0. The Balaban J connectivity index is 2.36. The Kier molecular flexibility index (Phi) is 2.53. The Morgan fingerprint density at radius 3 is 2.06 bits per heavy atom. The molecular weight excluding hydrogens is 210 g/mol. The molecule has 1 aliphatic heterocycles. The van der Waals surface area contributed by atoms with E-state index >= 15 is 0 Å². The zero-order valence-corrected chi connectivity index (χ0v) is 8.81. The van der Waals surface area contributed by atoms with Crippen molar-refractivity contribution in [3.63, 3.8) is 0 Å². The Hall–Kier alpha value is -1.65. The monoisotopic (exact) mass is 223 g/mol. The molecule has 2 rings (SSSR count). The predicted octanol–water partition coefficient (Wildman–Crippen LogP) is 0.699. The van der Waals surface area contributed by atoms with Gasteiger partial charge in [-0.05, 0) is 12.8 Å². The average molecular weight is 223 g/mol. The first-order chi connectivity index (χ1) is 7.58. The van der Waals surface area contributed by atoms with Crippen LogP contribution in [0.15, 0.2) is 12.2 Å². The molecule has 2 aliphatic rings. The van der Waals surface area contributed by atoms with E-state index in [9.17, 15) is 19.5 Å². The van der Waals surface area contributed by atoms with Gasteiger partial charge < -0.3 is 5.11 Å². The van der Waals surface area contributed by atoms with E-state index in [-0.39, 0.29) is 0 Å². The van der Waals surface area contributed by atoms with Gasteiger partial charge in [0.1, 0.15) is 5.54 Å². The standard InChI is InChI=1S/C11H13NO4/c13-8-4-5-9(14)12(8)11(10(15)16)6-2-1-3-7-11/h4-5H,1-3,6-7H2,(H,15,16). The lowest BCUT2D eigenvalue weighted by molar-refractivity contribution is -0.164. The Labute approximate surface area is 92.7 Å². The lowest BCUT2D eigenvalue weighted by atomic mass is 9.80. The second kappa shape index (κ2) is 3.73. The molecule has 0 spiro atoms. The van der Waals surface area contributed by atoms with Gasteiger partial charge in [0.25, 0.3) is 11.8 Å². The van der Waals surface area contributed by atoms with E-state index in [4.69, 9.17) is 0 Å². The van der Waals surface area contributed by atoms with Crippen molar-refractivity contribution >= 4 is 17.8 Å². The van der Waals surface area contributed by atoms with E-state index in [2.05, 4.69) is 0 Å². The van der Waals surface area contributed by atoms with Gasteiger partial charge in [-0.2, -0.15) is 0 Å². The molecule has 0 unspecified atom stereocenters. The first-order valence-corrected chi connectivity index (χ1v) is 5.37. The highest BCUT2D eigenvalue weighted by Gasteiger charge is 2.50. The van der Waals surface area contributed by atoms with Crippen LogP contribution in [0.25, 0.3) is 0 Å². The smallest absolute Gasteiger partial charge is 0.330 e. The van der Waals surface area contributed by atoms with E-state index in [1.54, 1.807) is 0 Å². The fourth-order valence-electron chi connectivity index (χ4n) is 2.49. The fourth-order valence-corrected chi connectivity index (χ4v) is 2.49. The van der Waals surface area contributed by atoms with Crippen LogP contribution in [0.1, 0.15) is 32.1 Å². The Morgan fingerprint density at radius 1 is 1.12 bits per heavy atom. The SMILES string of the molecule is O=C1C=CC(=O)N1C1(C(=O)O)CCCCC1. The first-order valence-electron chi connectivity index (χ1n) is 5.37. The molecule has 0 saturated heterocycles. The summed E-state index contributed by atoms with van der Waals surface area (Å²) in [6.45, 7) is 0. The zero-order valence-electron chi connectivity index (χ0n) is 8.81. The number of nitrogens with zero attached hydrogens (tertiary/aromatic N) is 1. The number of hydrogen-bond donors (Lipinski definition) is 1. The highest BCUT2D eigenvalue weighted by molar-refractivity contribution is 6.15. The normalized spacial score (nSPS) is 23.9. The van der Waals surface area contributed by atoms with Crippen LogP contribution >= 0.6 is 0 Å². The van der Waals surface area contributed by atoms with Crippen LogP contribution in [0.3, 0.4) is 0 Å². The highest BCUT2D eigenvalue weighted by atomic mass is 16.4. The molecule has 5 nitrogen and oxygen atoms in total. The molecule has 1 N–H and O–H groups in total. The third kappa shape index (κ3) is 1.43. The molecule has 0 aromatic carbocycles. The summed E-state index contributed by atoms with van der Waals surface area (Å²) in [6.07, 6.45) is 5.44. The molecule has 5 heteroatoms. The van der Waals surface area contributed by atoms with E-state index in [0.29, 0.717) is 12.8 Å². The van der Waals surface area contributed by atoms with Gasteiger partial charge in [-0.15, -0.1) is 0 Å². The predicted molar refractivity (Wildman–Crippen MR) is 54.4 cm³/mol. The molecule has 0 radical (unpaired) electrons. The summed E-state index contributed by atoms with van der Waals surface area (Å²) in [5, 5.41) is 9.31. The van der Waals surface area contributed by atoms with Crippen molar-refractivity contribution in [3.8, 4) is 0 Å². The van der Waals surface area contributed by atoms with Crippen molar-refractivity contribution in [1.82, 2.24) is 4.90 Å². The minimum atomic E-state index is -1.31. The van der Waals surface area contributed by atoms with Crippen molar-refractivity contribution in [1.29, 1.82) is 0 Å². The quantitative estimate of drug-likeness (QED) is 0.699. The van der Waals surface area contributed by atoms with Gasteiger partial charge in [-0.3, -0.25) is 14.5 Å². The molecule has 0 bridgehead atoms. The lowest BCUT2D eigenvalue weighted by Gasteiger charge is -2.39. The van der Waals surface area contributed by atoms with Crippen molar-refractivity contribution in [2.24, 2.45) is 0 Å². The number of carboxylic acid groups (broad SMARTS) is 1. The van der Waals surface area contributed by atoms with Crippen molar-refractivity contribution in [3.05, 3.63) is 12.2 Å². The Morgan fingerprint density at radius 2 is 1.62 bits per heavy atom. The minimum absolute atomic E-state index is 0.363. The topological polar surface area (TPSA) is 74.7 Å². The fraction of sp³-hybridized carbons (Fsp3) is 0.545. The number of rotatable bonds is 2. The third-order valence-electron chi connectivity index (χ3n) is 3.32. The van der Waals surface area contributed by atoms with Crippen LogP contribution in [0.5, 0.6) is 0 Å². The summed E-state index contributed by atoms with van der Waals surface area (Å²) in [5.41, 5.74) is -1.31. The van der Waals surface area contributed by atoms with Crippen molar-refractivity contribution < 1.29 is 19.5 Å². The van der Waals surface area contributed by atoms with E-state index in [1.165, 1.54) is 0 Å². The van der Waals surface area contributed by atoms with Gasteiger partial charge >= 0.3 is 5.97 Å². The number of carbonyl (C=O) groups excluding carboxylic acids is 2. The second-order valence-electron chi connectivity index (χ2n) is 4.24. The van der Waals surface area contributed by atoms with Gasteiger partial charge in [0, 0.05) is 12.2 Å². The number of carboxylic acids is 1. The number of amides is 2. The van der Waals surface area contributed by atoms with Gasteiger partial charge in [0.15, 0.2) is 0 Å². The largest absolute Gasteiger partial charge is 0.479 e. The molecule has 2 amide bonds. The molecule has 16 heavy (non-hydrogen) atoms. The molecule has 0 atom stereocenters. The van der Waals surface area contributed by atoms with Crippen LogP contribution in [-0.4, -0.2) is 33.3 Å². The number of imide groups is 1. The Bertz CT molecular complexity index is 361. The maximum atomic E-state index is 11.5. The van der Waals surface area contributed by atoms with E-state index in [0.717, 1.165) is 36.3 Å². The maximum absolute atomic E-state index is 11.5. The molecule has 1 fully saturated rings. The number of hydrogen-bond acceptors (Lipinski definition) is 3. The minimum Gasteiger partial charge on any atom is -0.479 e. The van der Waals surface area contributed by atoms with Crippen LogP contribution in [0.2, 0.25) is 0 Å². The summed E-state index contributed by atoms with van der Waals surface area (Å²) < 4.78 is 0. The second-order valence-corrected chi connectivity index (χ2v) is 4.24. The summed E-state index contributed by atoms with van der Waals surface area (Å²) in [6, 6.07) is 0. The van der Waals surface area contributed by atoms with Crippen LogP contribution < -0.4 is 0 Å². The first kappa shape index (κ1) is 10.9. The van der Waals surface area contributed by atoms with Crippen molar-refractivity contribution in [2.75, 3.05) is 0 Å². The van der Waals surface area contributed by atoms with Crippen molar-refractivity contribution in [2.45, 2.75) is 37.6 Å². The highest BCUT2D eigenvalue weighted by Crippen LogP contribution is 2.35. The summed E-state index contributed by atoms with van der Waals surface area (Å²) in [5.74, 6) is -2.08. The van der Waals surface area contributed by atoms with Gasteiger partial charge in [0.2, 0.25) is 0 Å². The summed E-state index contributed by atoms with van der Waals surface area (Å²) in [4.78, 5) is 35.4. The lowest BCUT2D eigenvalue weighted by Crippen LogP contribution is -2.58. The zero-order chi connectivity index (χ0) is 11.8. The van der Waals surface area contributed by atoms with Gasteiger partial charge in [-0.25, -0.2) is 4.79 Å². The number of aliphatic carboxylic acids is 1. The average Bonchev–Trinajstić information content (AvgIpc) is 2.60. The van der Waals surface area contributed by atoms with E-state index in [1.807, 2.05) is 0 Å². The number of carbonyl (C=O) groups is 3. The molecule has 0 aromatic heterocycles. The van der Waals surface area contributed by atoms with Gasteiger partial charge in [-0.1, -0.05) is 19.3 Å². The van der Waals surface area contributed by atoms with Crippen LogP contribution in [0.4, 0.5) is 0 Å². The third-order valence-corrected chi connectivity index (χ3v) is 3.32. The van der Waals surface area contributed by atoms with Gasteiger partial charge in [0.05, 0.1) is 0 Å². The summed E-state index contributed by atoms with van der Waals surface area (Å²) in [7, 11) is 0. The molecule has 86 valence electrons. The van der Waals surface area contributed by atoms with E-state index < -0.39 is 23.3 Å². The molecule has 1 heterocycles. The molecule has 1 saturated carbocycles. The molecule has 0 aromatic rings. The van der Waals surface area contributed by atoms with Crippen LogP contribution in [0, 0.1) is 0 Å². The van der Waals surface area contributed by atoms with Crippen LogP contribution in [-0.2, 0) is 14.4 Å². The maximum Gasteiger partial charge on any atom is 0.330 e. The molecule has 1 aliphatic carbocycles.